The molecule has 0 aromatic heterocycles. The summed E-state index contributed by atoms with van der Waals surface area (Å²) in [5, 5.41) is 0. The number of rotatable bonds is 14. The van der Waals surface area contributed by atoms with Gasteiger partial charge in [-0.25, -0.2) is 0 Å². The average Bonchev–Trinajstić information content (AvgIpc) is 3.25. The van der Waals surface area contributed by atoms with Crippen molar-refractivity contribution in [2.45, 2.75) is 131 Å². The minimum absolute atomic E-state index is 0.130. The summed E-state index contributed by atoms with van der Waals surface area (Å²) in [6.07, 6.45) is 15.5. The summed E-state index contributed by atoms with van der Waals surface area (Å²) in [7, 11) is 0. The van der Waals surface area contributed by atoms with E-state index in [4.69, 9.17) is 0 Å². The Morgan fingerprint density at radius 2 is 1.05 bits per heavy atom. The van der Waals surface area contributed by atoms with Crippen LogP contribution in [0.4, 0.5) is 0 Å². The Kier molecular flexibility index (Phi) is 10.5. The summed E-state index contributed by atoms with van der Waals surface area (Å²) in [4.78, 5) is 0. The SMILES string of the molecule is CCCCCCCCC1(c2cc(C)cc(-c3c(C)cc(CCCCCC)cc3C)c2)c2cc(C)ccc2-c2ccc(C)cc21. The maximum Gasteiger partial charge on any atom is 0.0464 e. The highest BCUT2D eigenvalue weighted by Crippen LogP contribution is 2.56. The van der Waals surface area contributed by atoms with Gasteiger partial charge in [0.15, 0.2) is 0 Å². The molecule has 0 bridgehead atoms. The first-order chi connectivity index (χ1) is 21.3. The topological polar surface area (TPSA) is 0 Å². The smallest absolute Gasteiger partial charge is 0.0464 e. The van der Waals surface area contributed by atoms with Crippen molar-refractivity contribution >= 4 is 0 Å². The molecule has 232 valence electrons. The number of hydrogen-bond acceptors (Lipinski definition) is 0. The van der Waals surface area contributed by atoms with Gasteiger partial charge in [-0.2, -0.15) is 0 Å². The van der Waals surface area contributed by atoms with Crippen LogP contribution >= 0.6 is 0 Å². The van der Waals surface area contributed by atoms with Gasteiger partial charge in [-0.15, -0.1) is 0 Å². The minimum Gasteiger partial charge on any atom is -0.0654 e. The van der Waals surface area contributed by atoms with E-state index in [1.54, 1.807) is 0 Å². The lowest BCUT2D eigenvalue weighted by atomic mass is 9.68. The normalized spacial score (nSPS) is 13.2. The average molecular weight is 585 g/mol. The van der Waals surface area contributed by atoms with E-state index in [1.807, 2.05) is 0 Å². The lowest BCUT2D eigenvalue weighted by Gasteiger charge is -2.34. The van der Waals surface area contributed by atoms with Crippen molar-refractivity contribution in [1.82, 2.24) is 0 Å². The second-order valence-corrected chi connectivity index (χ2v) is 14.0. The Hall–Kier alpha value is -3.12. The van der Waals surface area contributed by atoms with Crippen molar-refractivity contribution in [3.05, 3.63) is 117 Å². The largest absolute Gasteiger partial charge is 0.0654 e. The quantitative estimate of drug-likeness (QED) is 0.129. The first-order valence-corrected chi connectivity index (χ1v) is 17.7. The van der Waals surface area contributed by atoms with E-state index in [-0.39, 0.29) is 5.41 Å². The molecule has 4 aromatic carbocycles. The van der Waals surface area contributed by atoms with Crippen LogP contribution in [0.15, 0.2) is 66.7 Å². The fourth-order valence-electron chi connectivity index (χ4n) is 8.11. The highest BCUT2D eigenvalue weighted by Gasteiger charge is 2.44. The first-order valence-electron chi connectivity index (χ1n) is 17.7. The van der Waals surface area contributed by atoms with Gasteiger partial charge in [-0.05, 0) is 116 Å². The summed E-state index contributed by atoms with van der Waals surface area (Å²) in [6, 6.07) is 26.9. The predicted molar refractivity (Wildman–Crippen MR) is 193 cm³/mol. The third-order valence-corrected chi connectivity index (χ3v) is 10.2. The van der Waals surface area contributed by atoms with Crippen LogP contribution in [0.5, 0.6) is 0 Å². The number of hydrogen-bond donors (Lipinski definition) is 0. The number of unbranched alkanes of at least 4 members (excludes halogenated alkanes) is 8. The second kappa shape index (κ2) is 14.3. The number of benzene rings is 4. The van der Waals surface area contributed by atoms with Crippen molar-refractivity contribution in [3.63, 3.8) is 0 Å². The molecule has 0 unspecified atom stereocenters. The molecule has 0 heteroatoms. The predicted octanol–water partition coefficient (Wildman–Crippen LogP) is 13.1. The molecule has 0 radical (unpaired) electrons. The molecule has 4 aromatic rings. The van der Waals surface area contributed by atoms with E-state index < -0.39 is 0 Å². The molecule has 44 heavy (non-hydrogen) atoms. The van der Waals surface area contributed by atoms with Crippen LogP contribution in [0, 0.1) is 34.6 Å². The van der Waals surface area contributed by atoms with Crippen molar-refractivity contribution in [3.8, 4) is 22.3 Å². The summed E-state index contributed by atoms with van der Waals surface area (Å²) in [5.74, 6) is 0. The fourth-order valence-corrected chi connectivity index (χ4v) is 8.11. The molecule has 0 fully saturated rings. The zero-order valence-corrected chi connectivity index (χ0v) is 28.8. The maximum atomic E-state index is 2.57. The summed E-state index contributed by atoms with van der Waals surface area (Å²) >= 11 is 0. The van der Waals surface area contributed by atoms with Crippen LogP contribution in [0.2, 0.25) is 0 Å². The summed E-state index contributed by atoms with van der Waals surface area (Å²) in [5.41, 5.74) is 18.4. The molecule has 0 nitrogen and oxygen atoms in total. The molecule has 0 heterocycles. The first kappa shape index (κ1) is 32.3. The van der Waals surface area contributed by atoms with Crippen molar-refractivity contribution in [1.29, 1.82) is 0 Å². The van der Waals surface area contributed by atoms with E-state index in [2.05, 4.69) is 115 Å². The standard InChI is InChI=1S/C44H56/c1-8-10-12-14-15-17-23-44(41-26-31(3)19-21-39(41)40-22-20-32(4)27-42(40)44)38-25-33(5)24-37(30-38)43-34(6)28-36(29-35(43)7)18-16-13-11-9-2/h19-22,24-30H,8-18,23H2,1-7H3. The van der Waals surface area contributed by atoms with Crippen LogP contribution in [0.1, 0.15) is 135 Å². The van der Waals surface area contributed by atoms with Crippen molar-refractivity contribution < 1.29 is 0 Å². The fraction of sp³-hybridized carbons (Fsp3) is 0.455. The molecule has 0 amide bonds. The lowest BCUT2D eigenvalue weighted by Crippen LogP contribution is -2.27. The van der Waals surface area contributed by atoms with Crippen LogP contribution in [-0.2, 0) is 11.8 Å². The van der Waals surface area contributed by atoms with Crippen molar-refractivity contribution in [2.75, 3.05) is 0 Å². The lowest BCUT2D eigenvalue weighted by molar-refractivity contribution is 0.506. The Balaban J connectivity index is 1.63. The highest BCUT2D eigenvalue weighted by atomic mass is 14.5. The molecule has 5 rings (SSSR count). The van der Waals surface area contributed by atoms with Crippen LogP contribution in [0.25, 0.3) is 22.3 Å². The molecule has 0 atom stereocenters. The van der Waals surface area contributed by atoms with Gasteiger partial charge in [-0.3, -0.25) is 0 Å². The van der Waals surface area contributed by atoms with Gasteiger partial charge in [0.25, 0.3) is 0 Å². The Labute approximate surface area is 269 Å². The number of fused-ring (bicyclic) bond motifs is 3. The number of aryl methyl sites for hydroxylation is 6. The third kappa shape index (κ3) is 6.61. The minimum atomic E-state index is -0.130. The van der Waals surface area contributed by atoms with Crippen LogP contribution in [0.3, 0.4) is 0 Å². The molecule has 0 N–H and O–H groups in total. The van der Waals surface area contributed by atoms with E-state index in [0.29, 0.717) is 0 Å². The van der Waals surface area contributed by atoms with Gasteiger partial charge in [0.05, 0.1) is 0 Å². The molecule has 1 aliphatic rings. The monoisotopic (exact) mass is 584 g/mol. The molecule has 0 spiro atoms. The van der Waals surface area contributed by atoms with Crippen LogP contribution in [-0.4, -0.2) is 0 Å². The summed E-state index contributed by atoms with van der Waals surface area (Å²) < 4.78 is 0. The summed E-state index contributed by atoms with van der Waals surface area (Å²) in [6.45, 7) is 16.1. The van der Waals surface area contributed by atoms with Gasteiger partial charge in [-0.1, -0.05) is 149 Å². The third-order valence-electron chi connectivity index (χ3n) is 10.2. The van der Waals surface area contributed by atoms with Crippen LogP contribution < -0.4 is 0 Å². The molecule has 0 saturated carbocycles. The molecule has 1 aliphatic carbocycles. The van der Waals surface area contributed by atoms with Gasteiger partial charge in [0.2, 0.25) is 0 Å². The highest BCUT2D eigenvalue weighted by molar-refractivity contribution is 5.85. The van der Waals surface area contributed by atoms with Gasteiger partial charge < -0.3 is 0 Å². The van der Waals surface area contributed by atoms with E-state index in [0.717, 1.165) is 6.42 Å². The van der Waals surface area contributed by atoms with E-state index in [9.17, 15) is 0 Å². The van der Waals surface area contributed by atoms with E-state index in [1.165, 1.54) is 143 Å². The maximum absolute atomic E-state index is 2.57. The van der Waals surface area contributed by atoms with Gasteiger partial charge in [0, 0.05) is 5.41 Å². The molecular formula is C44H56. The zero-order chi connectivity index (χ0) is 31.3. The second-order valence-electron chi connectivity index (χ2n) is 14.0. The van der Waals surface area contributed by atoms with E-state index >= 15 is 0 Å². The Bertz CT molecular complexity index is 1510. The molecule has 0 aliphatic heterocycles. The van der Waals surface area contributed by atoms with Gasteiger partial charge >= 0.3 is 0 Å². The zero-order valence-electron chi connectivity index (χ0n) is 28.8. The molecular weight excluding hydrogens is 528 g/mol. The van der Waals surface area contributed by atoms with Crippen molar-refractivity contribution in [2.24, 2.45) is 0 Å². The van der Waals surface area contributed by atoms with Gasteiger partial charge in [0.1, 0.15) is 0 Å². The Morgan fingerprint density at radius 3 is 1.64 bits per heavy atom. The Morgan fingerprint density at radius 1 is 0.500 bits per heavy atom. The molecule has 0 saturated heterocycles.